The number of methoxy groups -OCH3 is 1. The Morgan fingerprint density at radius 2 is 2.38 bits per heavy atom. The Morgan fingerprint density at radius 1 is 1.54 bits per heavy atom. The van der Waals surface area contributed by atoms with Gasteiger partial charge in [-0.1, -0.05) is 0 Å². The molecule has 2 rings (SSSR count). The van der Waals surface area contributed by atoms with E-state index < -0.39 is 0 Å². The molecule has 1 aromatic rings. The summed E-state index contributed by atoms with van der Waals surface area (Å²) in [6, 6.07) is 0. The van der Waals surface area contributed by atoms with E-state index in [1.165, 1.54) is 17.8 Å². The summed E-state index contributed by atoms with van der Waals surface area (Å²) in [5.74, 6) is 0. The Kier molecular flexibility index (Phi) is 2.56. The molecule has 0 fully saturated rings. The Labute approximate surface area is 82.7 Å². The van der Waals surface area contributed by atoms with Gasteiger partial charge in [-0.25, -0.2) is 4.98 Å². The van der Waals surface area contributed by atoms with Crippen LogP contribution in [-0.2, 0) is 24.1 Å². The molecule has 0 radical (unpaired) electrons. The molecular weight excluding hydrogens is 188 g/mol. The number of nitrogens with zero attached hydrogens (tertiary/aromatic N) is 2. The highest BCUT2D eigenvalue weighted by Gasteiger charge is 2.19. The molecule has 0 N–H and O–H groups in total. The largest absolute Gasteiger partial charge is 0.383 e. The second-order valence-electron chi connectivity index (χ2n) is 3.27. The molecule has 3 nitrogen and oxygen atoms in total. The Balaban J connectivity index is 2.22. The molecule has 0 atom stereocenters. The van der Waals surface area contributed by atoms with Crippen LogP contribution in [0.2, 0.25) is 5.28 Å². The third kappa shape index (κ3) is 1.58. The minimum atomic E-state index is 0.613. The normalized spacial score (nSPS) is 14.9. The Morgan fingerprint density at radius 3 is 3.15 bits per heavy atom. The van der Waals surface area contributed by atoms with Crippen molar-refractivity contribution >= 4 is 11.6 Å². The third-order valence-electron chi connectivity index (χ3n) is 2.46. The average molecular weight is 201 g/mol. The van der Waals surface area contributed by atoms with Crippen LogP contribution in [0.5, 0.6) is 0 Å². The maximum atomic E-state index is 5.99. The fraction of sp³-hybridized carbons (Fsp3) is 0.667. The van der Waals surface area contributed by atoms with Crippen LogP contribution in [0.15, 0.2) is 0 Å². The molecule has 13 heavy (non-hydrogen) atoms. The van der Waals surface area contributed by atoms with Gasteiger partial charge in [-0.15, -0.1) is 0 Å². The number of aryl methyl sites for hydroxylation is 1. The summed E-state index contributed by atoms with van der Waals surface area (Å²) in [6.07, 6.45) is 3.40. The van der Waals surface area contributed by atoms with E-state index in [0.29, 0.717) is 11.9 Å². The molecule has 1 aliphatic rings. The van der Waals surface area contributed by atoms with Crippen LogP contribution in [0.3, 0.4) is 0 Å². The van der Waals surface area contributed by atoms with Crippen molar-refractivity contribution in [1.82, 2.24) is 9.55 Å². The quantitative estimate of drug-likeness (QED) is 0.742. The molecular formula is C9H13ClN2O. The van der Waals surface area contributed by atoms with E-state index in [-0.39, 0.29) is 0 Å². The molecule has 1 heterocycles. The molecule has 1 aliphatic carbocycles. The number of hydrogen-bond acceptors (Lipinski definition) is 2. The molecule has 0 spiro atoms. The van der Waals surface area contributed by atoms with Crippen molar-refractivity contribution in [1.29, 1.82) is 0 Å². The lowest BCUT2D eigenvalue weighted by atomic mass is 10.3. The lowest BCUT2D eigenvalue weighted by Gasteiger charge is -2.06. The first-order valence-electron chi connectivity index (χ1n) is 4.55. The topological polar surface area (TPSA) is 27.1 Å². The Hall–Kier alpha value is -0.540. The molecule has 1 aromatic heterocycles. The second-order valence-corrected chi connectivity index (χ2v) is 3.61. The van der Waals surface area contributed by atoms with Gasteiger partial charge < -0.3 is 9.30 Å². The van der Waals surface area contributed by atoms with Crippen LogP contribution < -0.4 is 0 Å². The van der Waals surface area contributed by atoms with Crippen molar-refractivity contribution < 1.29 is 4.74 Å². The first-order chi connectivity index (χ1) is 6.33. The zero-order valence-electron chi connectivity index (χ0n) is 7.72. The van der Waals surface area contributed by atoms with Gasteiger partial charge in [0.15, 0.2) is 0 Å². The highest BCUT2D eigenvalue weighted by Crippen LogP contribution is 2.24. The van der Waals surface area contributed by atoms with Crippen molar-refractivity contribution in [3.05, 3.63) is 16.7 Å². The van der Waals surface area contributed by atoms with E-state index in [4.69, 9.17) is 16.3 Å². The minimum absolute atomic E-state index is 0.613. The number of imidazole rings is 1. The highest BCUT2D eigenvalue weighted by atomic mass is 35.5. The minimum Gasteiger partial charge on any atom is -0.383 e. The monoisotopic (exact) mass is 200 g/mol. The molecule has 0 saturated heterocycles. The van der Waals surface area contributed by atoms with Gasteiger partial charge in [-0.05, 0) is 30.9 Å². The summed E-state index contributed by atoms with van der Waals surface area (Å²) in [4.78, 5) is 4.32. The number of aromatic nitrogens is 2. The summed E-state index contributed by atoms with van der Waals surface area (Å²) in [7, 11) is 1.70. The predicted molar refractivity (Wildman–Crippen MR) is 51.1 cm³/mol. The van der Waals surface area contributed by atoms with Crippen molar-refractivity contribution in [2.24, 2.45) is 0 Å². The van der Waals surface area contributed by atoms with Gasteiger partial charge in [0.25, 0.3) is 0 Å². The van der Waals surface area contributed by atoms with Gasteiger partial charge >= 0.3 is 0 Å². The Bertz CT molecular complexity index is 309. The smallest absolute Gasteiger partial charge is 0.203 e. The van der Waals surface area contributed by atoms with Gasteiger partial charge in [0, 0.05) is 19.3 Å². The maximum absolute atomic E-state index is 5.99. The SMILES string of the molecule is COCCn1c(Cl)nc2c1CCC2. The molecule has 72 valence electrons. The summed E-state index contributed by atoms with van der Waals surface area (Å²) in [5.41, 5.74) is 2.49. The van der Waals surface area contributed by atoms with E-state index >= 15 is 0 Å². The first kappa shape index (κ1) is 9.03. The summed E-state index contributed by atoms with van der Waals surface area (Å²) >= 11 is 5.99. The van der Waals surface area contributed by atoms with Crippen LogP contribution in [0.25, 0.3) is 0 Å². The van der Waals surface area contributed by atoms with E-state index in [2.05, 4.69) is 9.55 Å². The second kappa shape index (κ2) is 3.68. The first-order valence-corrected chi connectivity index (χ1v) is 4.93. The van der Waals surface area contributed by atoms with Crippen molar-refractivity contribution in [2.45, 2.75) is 25.8 Å². The van der Waals surface area contributed by atoms with Gasteiger partial charge in [-0.3, -0.25) is 0 Å². The lowest BCUT2D eigenvalue weighted by Crippen LogP contribution is -2.07. The predicted octanol–water partition coefficient (Wildman–Crippen LogP) is 1.67. The summed E-state index contributed by atoms with van der Waals surface area (Å²) in [6.45, 7) is 1.51. The molecule has 4 heteroatoms. The van der Waals surface area contributed by atoms with E-state index in [0.717, 1.165) is 19.4 Å². The highest BCUT2D eigenvalue weighted by molar-refractivity contribution is 6.28. The molecule has 0 amide bonds. The molecule has 0 aromatic carbocycles. The van der Waals surface area contributed by atoms with Crippen molar-refractivity contribution in [2.75, 3.05) is 13.7 Å². The zero-order chi connectivity index (χ0) is 9.26. The number of halogens is 1. The van der Waals surface area contributed by atoms with E-state index in [9.17, 15) is 0 Å². The van der Waals surface area contributed by atoms with Gasteiger partial charge in [0.2, 0.25) is 5.28 Å². The lowest BCUT2D eigenvalue weighted by molar-refractivity contribution is 0.186. The van der Waals surface area contributed by atoms with Crippen LogP contribution in [0.4, 0.5) is 0 Å². The number of ether oxygens (including phenoxy) is 1. The third-order valence-corrected chi connectivity index (χ3v) is 2.74. The van der Waals surface area contributed by atoms with Gasteiger partial charge in [-0.2, -0.15) is 0 Å². The van der Waals surface area contributed by atoms with Gasteiger partial charge in [0.1, 0.15) is 0 Å². The maximum Gasteiger partial charge on any atom is 0.203 e. The number of rotatable bonds is 3. The van der Waals surface area contributed by atoms with Crippen LogP contribution in [0, 0.1) is 0 Å². The van der Waals surface area contributed by atoms with Crippen molar-refractivity contribution in [3.63, 3.8) is 0 Å². The van der Waals surface area contributed by atoms with Gasteiger partial charge in [0.05, 0.1) is 12.3 Å². The molecule has 0 aliphatic heterocycles. The van der Waals surface area contributed by atoms with Crippen LogP contribution >= 0.6 is 11.6 Å². The molecule has 0 unspecified atom stereocenters. The molecule has 0 bridgehead atoms. The summed E-state index contributed by atoms with van der Waals surface area (Å²) in [5, 5.41) is 0.613. The standard InChI is InChI=1S/C9H13ClN2O/c1-13-6-5-12-8-4-2-3-7(8)11-9(12)10/h2-6H2,1H3. The zero-order valence-corrected chi connectivity index (χ0v) is 8.47. The molecule has 0 saturated carbocycles. The summed E-state index contributed by atoms with van der Waals surface area (Å²) < 4.78 is 7.09. The van der Waals surface area contributed by atoms with E-state index in [1.54, 1.807) is 7.11 Å². The fourth-order valence-corrected chi connectivity index (χ4v) is 2.10. The number of fused-ring (bicyclic) bond motifs is 1. The van der Waals surface area contributed by atoms with E-state index in [1.807, 2.05) is 0 Å². The van der Waals surface area contributed by atoms with Crippen LogP contribution in [-0.4, -0.2) is 23.3 Å². The average Bonchev–Trinajstić information content (AvgIpc) is 2.62. The fourth-order valence-electron chi connectivity index (χ4n) is 1.82. The number of hydrogen-bond donors (Lipinski definition) is 0. The van der Waals surface area contributed by atoms with Crippen LogP contribution in [0.1, 0.15) is 17.8 Å². The van der Waals surface area contributed by atoms with Crippen molar-refractivity contribution in [3.8, 4) is 0 Å².